The Kier molecular flexibility index (Phi) is 5.55. The van der Waals surface area contributed by atoms with Crippen LogP contribution >= 0.6 is 0 Å². The molecule has 3 aromatic rings. The van der Waals surface area contributed by atoms with E-state index in [2.05, 4.69) is 15.0 Å². The van der Waals surface area contributed by atoms with Gasteiger partial charge in [-0.1, -0.05) is 12.1 Å². The lowest BCUT2D eigenvalue weighted by atomic mass is 10.1. The molecule has 0 amide bonds. The highest BCUT2D eigenvalue weighted by molar-refractivity contribution is 7.84. The van der Waals surface area contributed by atoms with Crippen LogP contribution in [0.15, 0.2) is 64.7 Å². The SMILES string of the molecule is C[S@@](=O)c1cc(-c2cccc(F)c2)cnc1C(N)=Nc1cccnc1C(=N)N. The lowest BCUT2D eigenvalue weighted by molar-refractivity contribution is 0.628. The van der Waals surface area contributed by atoms with Crippen LogP contribution in [-0.4, -0.2) is 32.1 Å². The van der Waals surface area contributed by atoms with Gasteiger partial charge in [-0.15, -0.1) is 0 Å². The van der Waals surface area contributed by atoms with Gasteiger partial charge >= 0.3 is 0 Å². The quantitative estimate of drug-likeness (QED) is 0.450. The Bertz CT molecular complexity index is 1120. The zero-order valence-electron chi connectivity index (χ0n) is 14.9. The molecule has 1 aromatic carbocycles. The van der Waals surface area contributed by atoms with Crippen molar-refractivity contribution in [2.75, 3.05) is 6.26 Å². The number of hydrogen-bond acceptors (Lipinski definition) is 5. The Morgan fingerprint density at radius 2 is 1.89 bits per heavy atom. The van der Waals surface area contributed by atoms with Crippen molar-refractivity contribution >= 4 is 28.2 Å². The predicted molar refractivity (Wildman–Crippen MR) is 108 cm³/mol. The van der Waals surface area contributed by atoms with Gasteiger partial charge in [-0.3, -0.25) is 19.6 Å². The number of aromatic nitrogens is 2. The molecule has 0 fully saturated rings. The summed E-state index contributed by atoms with van der Waals surface area (Å²) in [6.07, 6.45) is 4.50. The van der Waals surface area contributed by atoms with Crippen molar-refractivity contribution in [2.24, 2.45) is 16.5 Å². The van der Waals surface area contributed by atoms with Gasteiger partial charge in [0.15, 0.2) is 5.84 Å². The van der Waals surface area contributed by atoms with Crippen LogP contribution in [0.2, 0.25) is 0 Å². The summed E-state index contributed by atoms with van der Waals surface area (Å²) in [7, 11) is -1.42. The predicted octanol–water partition coefficient (Wildman–Crippen LogP) is 2.34. The molecule has 1 atom stereocenters. The summed E-state index contributed by atoms with van der Waals surface area (Å²) >= 11 is 0. The van der Waals surface area contributed by atoms with Gasteiger partial charge in [0.05, 0.1) is 21.4 Å². The topological polar surface area (TPSA) is 131 Å². The summed E-state index contributed by atoms with van der Waals surface area (Å²) < 4.78 is 25.8. The monoisotopic (exact) mass is 396 g/mol. The number of amidine groups is 2. The van der Waals surface area contributed by atoms with E-state index in [0.29, 0.717) is 21.7 Å². The Balaban J connectivity index is 2.09. The number of nitrogen functional groups attached to an aromatic ring is 1. The molecule has 0 aliphatic carbocycles. The zero-order valence-corrected chi connectivity index (χ0v) is 15.7. The van der Waals surface area contributed by atoms with Crippen LogP contribution in [0, 0.1) is 11.2 Å². The van der Waals surface area contributed by atoms with E-state index in [1.54, 1.807) is 30.3 Å². The summed E-state index contributed by atoms with van der Waals surface area (Å²) in [4.78, 5) is 12.9. The molecule has 5 N–H and O–H groups in total. The Hall–Kier alpha value is -3.46. The summed E-state index contributed by atoms with van der Waals surface area (Å²) in [6, 6.07) is 10.9. The van der Waals surface area contributed by atoms with E-state index < -0.39 is 10.8 Å². The largest absolute Gasteiger partial charge is 0.382 e. The van der Waals surface area contributed by atoms with Crippen LogP contribution in [0.5, 0.6) is 0 Å². The molecule has 142 valence electrons. The minimum absolute atomic E-state index is 0.00601. The maximum Gasteiger partial charge on any atom is 0.151 e. The van der Waals surface area contributed by atoms with Gasteiger partial charge in [-0.05, 0) is 35.9 Å². The molecule has 3 rings (SSSR count). The van der Waals surface area contributed by atoms with E-state index >= 15 is 0 Å². The van der Waals surface area contributed by atoms with Crippen LogP contribution in [0.3, 0.4) is 0 Å². The second-order valence-corrected chi connectivity index (χ2v) is 7.17. The average molecular weight is 396 g/mol. The summed E-state index contributed by atoms with van der Waals surface area (Å²) in [5.74, 6) is -0.623. The van der Waals surface area contributed by atoms with Gasteiger partial charge in [0, 0.05) is 24.2 Å². The fourth-order valence-corrected chi connectivity index (χ4v) is 3.28. The zero-order chi connectivity index (χ0) is 20.3. The first-order valence-corrected chi connectivity index (χ1v) is 9.66. The van der Waals surface area contributed by atoms with Crippen molar-refractivity contribution < 1.29 is 8.60 Å². The molecule has 2 aromatic heterocycles. The number of halogens is 1. The highest BCUT2D eigenvalue weighted by Gasteiger charge is 2.15. The van der Waals surface area contributed by atoms with Gasteiger partial charge in [0.1, 0.15) is 23.0 Å². The highest BCUT2D eigenvalue weighted by Crippen LogP contribution is 2.24. The van der Waals surface area contributed by atoms with Crippen molar-refractivity contribution in [3.63, 3.8) is 0 Å². The molecule has 0 bridgehead atoms. The molecule has 9 heteroatoms. The molecule has 0 aliphatic heterocycles. The Morgan fingerprint density at radius 1 is 1.11 bits per heavy atom. The molecule has 28 heavy (non-hydrogen) atoms. The molecule has 7 nitrogen and oxygen atoms in total. The maximum atomic E-state index is 13.5. The molecule has 2 heterocycles. The summed E-state index contributed by atoms with van der Waals surface area (Å²) in [5, 5.41) is 7.59. The van der Waals surface area contributed by atoms with E-state index in [0.717, 1.165) is 0 Å². The van der Waals surface area contributed by atoms with Crippen LogP contribution in [0.4, 0.5) is 10.1 Å². The van der Waals surface area contributed by atoms with Gasteiger partial charge in [0.2, 0.25) is 0 Å². The number of nitrogens with zero attached hydrogens (tertiary/aromatic N) is 3. The molecule has 0 saturated heterocycles. The molecule has 0 saturated carbocycles. The number of nitrogens with one attached hydrogen (secondary N) is 1. The van der Waals surface area contributed by atoms with Crippen molar-refractivity contribution in [3.8, 4) is 11.1 Å². The molecule has 0 unspecified atom stereocenters. The lowest BCUT2D eigenvalue weighted by Crippen LogP contribution is -2.19. The van der Waals surface area contributed by atoms with Crippen molar-refractivity contribution in [3.05, 3.63) is 72.1 Å². The van der Waals surface area contributed by atoms with Gasteiger partial charge < -0.3 is 11.5 Å². The third-order valence-corrected chi connectivity index (χ3v) is 4.78. The first-order chi connectivity index (χ1) is 13.4. The Morgan fingerprint density at radius 3 is 2.57 bits per heavy atom. The number of pyridine rings is 2. The van der Waals surface area contributed by atoms with Crippen LogP contribution in [0.1, 0.15) is 11.4 Å². The smallest absolute Gasteiger partial charge is 0.151 e. The third-order valence-electron chi connectivity index (χ3n) is 3.85. The number of hydrogen-bond donors (Lipinski definition) is 3. The summed E-state index contributed by atoms with van der Waals surface area (Å²) in [6.45, 7) is 0. The molecule has 0 aliphatic rings. The second kappa shape index (κ2) is 8.05. The molecular weight excluding hydrogens is 379 g/mol. The Labute approximate surface area is 163 Å². The average Bonchev–Trinajstić information content (AvgIpc) is 2.67. The maximum absolute atomic E-state index is 13.5. The third kappa shape index (κ3) is 4.09. The first kappa shape index (κ1) is 19.3. The minimum Gasteiger partial charge on any atom is -0.382 e. The fraction of sp³-hybridized carbons (Fsp3) is 0.0526. The standard InChI is InChI=1S/C19H17FN6OS/c1-28(27)15-9-12(11-4-2-5-13(20)8-11)10-25-17(15)19(23)26-14-6-3-7-24-16(14)18(21)22/h2-10H,1H3,(H3,21,22)(H2,23,26)/t28-/m1/s1. The van der Waals surface area contributed by atoms with E-state index in [4.69, 9.17) is 16.9 Å². The molecule has 0 spiro atoms. The van der Waals surface area contributed by atoms with Gasteiger partial charge in [0.25, 0.3) is 0 Å². The van der Waals surface area contributed by atoms with Gasteiger partial charge in [-0.2, -0.15) is 0 Å². The summed E-state index contributed by atoms with van der Waals surface area (Å²) in [5.41, 5.74) is 13.5. The lowest BCUT2D eigenvalue weighted by Gasteiger charge is -2.10. The molecular formula is C19H17FN6OS. The number of rotatable bonds is 5. The first-order valence-electron chi connectivity index (χ1n) is 8.10. The second-order valence-electron chi connectivity index (χ2n) is 5.82. The van der Waals surface area contributed by atoms with Crippen molar-refractivity contribution in [1.82, 2.24) is 9.97 Å². The van der Waals surface area contributed by atoms with Crippen LogP contribution < -0.4 is 11.5 Å². The fourth-order valence-electron chi connectivity index (χ4n) is 2.56. The molecule has 0 radical (unpaired) electrons. The number of aliphatic imine (C=N–C) groups is 1. The number of benzene rings is 1. The van der Waals surface area contributed by atoms with E-state index in [9.17, 15) is 8.60 Å². The normalized spacial score (nSPS) is 12.6. The van der Waals surface area contributed by atoms with Crippen molar-refractivity contribution in [1.29, 1.82) is 5.41 Å². The van der Waals surface area contributed by atoms with E-state index in [-0.39, 0.29) is 28.9 Å². The minimum atomic E-state index is -1.42. The van der Waals surface area contributed by atoms with E-state index in [1.807, 2.05) is 0 Å². The van der Waals surface area contributed by atoms with Crippen LogP contribution in [-0.2, 0) is 10.8 Å². The van der Waals surface area contributed by atoms with Gasteiger partial charge in [-0.25, -0.2) is 9.38 Å². The number of nitrogens with two attached hydrogens (primary N) is 2. The van der Waals surface area contributed by atoms with Crippen LogP contribution in [0.25, 0.3) is 11.1 Å². The highest BCUT2D eigenvalue weighted by atomic mass is 32.2. The van der Waals surface area contributed by atoms with E-state index in [1.165, 1.54) is 30.8 Å². The van der Waals surface area contributed by atoms with Crippen molar-refractivity contribution in [2.45, 2.75) is 4.90 Å².